The van der Waals surface area contributed by atoms with Crippen molar-refractivity contribution in [1.29, 1.82) is 0 Å². The molecule has 2 heterocycles. The van der Waals surface area contributed by atoms with Crippen LogP contribution < -0.4 is 11.1 Å². The van der Waals surface area contributed by atoms with Crippen LogP contribution in [0.4, 0.5) is 0 Å². The van der Waals surface area contributed by atoms with Crippen LogP contribution in [0.5, 0.6) is 0 Å². The molecule has 0 radical (unpaired) electrons. The molecule has 4 heteroatoms. The largest absolute Gasteiger partial charge is 0.392 e. The van der Waals surface area contributed by atoms with Gasteiger partial charge in [-0.2, -0.15) is 0 Å². The summed E-state index contributed by atoms with van der Waals surface area (Å²) in [5, 5.41) is 13.2. The van der Waals surface area contributed by atoms with Crippen LogP contribution in [0.1, 0.15) is 43.4 Å². The van der Waals surface area contributed by atoms with E-state index in [-0.39, 0.29) is 0 Å². The summed E-state index contributed by atoms with van der Waals surface area (Å²) >= 11 is 0. The monoisotopic (exact) mass is 277 g/mol. The van der Waals surface area contributed by atoms with Crippen LogP contribution in [-0.4, -0.2) is 35.3 Å². The van der Waals surface area contributed by atoms with Gasteiger partial charge in [0.2, 0.25) is 0 Å². The van der Waals surface area contributed by atoms with Gasteiger partial charge in [-0.05, 0) is 56.3 Å². The molecule has 0 amide bonds. The van der Waals surface area contributed by atoms with E-state index in [2.05, 4.69) is 22.4 Å². The van der Waals surface area contributed by atoms with Crippen molar-refractivity contribution in [3.63, 3.8) is 0 Å². The summed E-state index contributed by atoms with van der Waals surface area (Å²) in [5.41, 5.74) is 7.83. The summed E-state index contributed by atoms with van der Waals surface area (Å²) in [6.07, 6.45) is 9.28. The second-order valence-electron chi connectivity index (χ2n) is 5.79. The van der Waals surface area contributed by atoms with Gasteiger partial charge in [-0.1, -0.05) is 12.8 Å². The first-order valence-corrected chi connectivity index (χ1v) is 7.83. The van der Waals surface area contributed by atoms with Crippen molar-refractivity contribution in [2.75, 3.05) is 13.1 Å². The standard InChI is InChI=1S/C16H27N3O/c17-12-16(20)6-5-15-11-13(7-9-19-15)10-14-4-2-1-3-8-18-14/h7,9,11,14,16,18,20H,1-6,8,10,12,17H2. The van der Waals surface area contributed by atoms with E-state index >= 15 is 0 Å². The Labute approximate surface area is 121 Å². The number of nitrogens with one attached hydrogen (secondary N) is 1. The zero-order valence-electron chi connectivity index (χ0n) is 12.2. The van der Waals surface area contributed by atoms with E-state index in [1.54, 1.807) is 0 Å². The van der Waals surface area contributed by atoms with Gasteiger partial charge in [0.05, 0.1) is 6.10 Å². The number of aliphatic hydroxyl groups excluding tert-OH is 1. The highest BCUT2D eigenvalue weighted by atomic mass is 16.3. The van der Waals surface area contributed by atoms with Gasteiger partial charge in [-0.15, -0.1) is 0 Å². The molecular weight excluding hydrogens is 250 g/mol. The molecule has 4 nitrogen and oxygen atoms in total. The van der Waals surface area contributed by atoms with Gasteiger partial charge in [0.25, 0.3) is 0 Å². The highest BCUT2D eigenvalue weighted by Gasteiger charge is 2.12. The van der Waals surface area contributed by atoms with E-state index < -0.39 is 6.10 Å². The van der Waals surface area contributed by atoms with Gasteiger partial charge in [0, 0.05) is 24.5 Å². The number of nitrogens with two attached hydrogens (primary N) is 1. The van der Waals surface area contributed by atoms with Gasteiger partial charge in [0.1, 0.15) is 0 Å². The van der Waals surface area contributed by atoms with Gasteiger partial charge < -0.3 is 16.2 Å². The molecule has 0 spiro atoms. The van der Waals surface area contributed by atoms with Crippen molar-refractivity contribution in [3.8, 4) is 0 Å². The molecule has 1 aromatic rings. The van der Waals surface area contributed by atoms with Gasteiger partial charge >= 0.3 is 0 Å². The Hall–Kier alpha value is -0.970. The van der Waals surface area contributed by atoms with Crippen LogP contribution >= 0.6 is 0 Å². The molecule has 0 bridgehead atoms. The van der Waals surface area contributed by atoms with Crippen LogP contribution in [0, 0.1) is 0 Å². The molecule has 0 aliphatic carbocycles. The summed E-state index contributed by atoms with van der Waals surface area (Å²) in [6.45, 7) is 1.47. The van der Waals surface area contributed by atoms with Crippen molar-refractivity contribution in [1.82, 2.24) is 10.3 Å². The molecule has 1 aliphatic heterocycles. The van der Waals surface area contributed by atoms with Crippen LogP contribution in [-0.2, 0) is 12.8 Å². The number of pyridine rings is 1. The first kappa shape index (κ1) is 15.4. The molecule has 4 N–H and O–H groups in total. The highest BCUT2D eigenvalue weighted by molar-refractivity contribution is 5.18. The maximum absolute atomic E-state index is 9.52. The maximum atomic E-state index is 9.52. The van der Waals surface area contributed by atoms with E-state index in [9.17, 15) is 5.11 Å². The lowest BCUT2D eigenvalue weighted by atomic mass is 10.0. The molecule has 20 heavy (non-hydrogen) atoms. The summed E-state index contributed by atoms with van der Waals surface area (Å²) < 4.78 is 0. The maximum Gasteiger partial charge on any atom is 0.0666 e. The SMILES string of the molecule is NCC(O)CCc1cc(CC2CCCCCN2)ccn1. The van der Waals surface area contributed by atoms with Gasteiger partial charge in [-0.3, -0.25) is 4.98 Å². The lowest BCUT2D eigenvalue weighted by Gasteiger charge is -2.16. The zero-order valence-corrected chi connectivity index (χ0v) is 12.2. The lowest BCUT2D eigenvalue weighted by Crippen LogP contribution is -2.30. The van der Waals surface area contributed by atoms with Crippen molar-refractivity contribution in [3.05, 3.63) is 29.6 Å². The Bertz CT molecular complexity index is 389. The number of aromatic nitrogens is 1. The Kier molecular flexibility index (Phi) is 6.43. The minimum absolute atomic E-state index is 0.325. The van der Waals surface area contributed by atoms with Crippen molar-refractivity contribution >= 4 is 0 Å². The van der Waals surface area contributed by atoms with Crippen molar-refractivity contribution in [2.24, 2.45) is 5.73 Å². The fourth-order valence-corrected chi connectivity index (χ4v) is 2.78. The van der Waals surface area contributed by atoms with E-state index in [0.717, 1.165) is 25.1 Å². The third-order valence-corrected chi connectivity index (χ3v) is 4.03. The molecule has 0 aromatic carbocycles. The van der Waals surface area contributed by atoms with Crippen LogP contribution in [0.3, 0.4) is 0 Å². The first-order chi connectivity index (χ1) is 9.78. The molecule has 2 rings (SSSR count). The second-order valence-corrected chi connectivity index (χ2v) is 5.79. The van der Waals surface area contributed by atoms with Crippen LogP contribution in [0.25, 0.3) is 0 Å². The smallest absolute Gasteiger partial charge is 0.0666 e. The third-order valence-electron chi connectivity index (χ3n) is 4.03. The average molecular weight is 277 g/mol. The Morgan fingerprint density at radius 1 is 1.40 bits per heavy atom. The third kappa shape index (κ3) is 5.19. The summed E-state index contributed by atoms with van der Waals surface area (Å²) in [6, 6.07) is 4.88. The fraction of sp³-hybridized carbons (Fsp3) is 0.688. The van der Waals surface area contributed by atoms with E-state index in [0.29, 0.717) is 19.0 Å². The molecule has 1 aliphatic rings. The van der Waals surface area contributed by atoms with E-state index in [4.69, 9.17) is 5.73 Å². The molecule has 0 saturated carbocycles. The first-order valence-electron chi connectivity index (χ1n) is 7.83. The number of aryl methyl sites for hydroxylation is 1. The number of nitrogens with zero attached hydrogens (tertiary/aromatic N) is 1. The molecular formula is C16H27N3O. The quantitative estimate of drug-likeness (QED) is 0.735. The zero-order chi connectivity index (χ0) is 14.2. The molecule has 1 fully saturated rings. The van der Waals surface area contributed by atoms with E-state index in [1.807, 2.05) is 6.20 Å². The minimum Gasteiger partial charge on any atom is -0.392 e. The highest BCUT2D eigenvalue weighted by Crippen LogP contribution is 2.14. The van der Waals surface area contributed by atoms with Crippen molar-refractivity contribution in [2.45, 2.75) is 57.1 Å². The molecule has 2 unspecified atom stereocenters. The van der Waals surface area contributed by atoms with Crippen molar-refractivity contribution < 1.29 is 5.11 Å². The topological polar surface area (TPSA) is 71.2 Å². The predicted molar refractivity (Wildman–Crippen MR) is 81.6 cm³/mol. The average Bonchev–Trinajstić information content (AvgIpc) is 2.74. The molecule has 1 saturated heterocycles. The Balaban J connectivity index is 1.88. The van der Waals surface area contributed by atoms with E-state index in [1.165, 1.54) is 31.2 Å². The minimum atomic E-state index is -0.413. The normalized spacial score (nSPS) is 21.4. The Morgan fingerprint density at radius 2 is 2.30 bits per heavy atom. The van der Waals surface area contributed by atoms with Crippen LogP contribution in [0.15, 0.2) is 18.3 Å². The fourth-order valence-electron chi connectivity index (χ4n) is 2.78. The number of aliphatic hydroxyl groups is 1. The number of hydrogen-bond acceptors (Lipinski definition) is 4. The Morgan fingerprint density at radius 3 is 3.15 bits per heavy atom. The van der Waals surface area contributed by atoms with Crippen LogP contribution in [0.2, 0.25) is 0 Å². The summed E-state index contributed by atoms with van der Waals surface area (Å²) in [5.74, 6) is 0. The summed E-state index contributed by atoms with van der Waals surface area (Å²) in [7, 11) is 0. The molecule has 112 valence electrons. The second kappa shape index (κ2) is 8.35. The molecule has 1 aromatic heterocycles. The van der Waals surface area contributed by atoms with Gasteiger partial charge in [0.15, 0.2) is 0 Å². The summed E-state index contributed by atoms with van der Waals surface area (Å²) in [4.78, 5) is 4.38. The number of rotatable bonds is 6. The van der Waals surface area contributed by atoms with Gasteiger partial charge in [-0.25, -0.2) is 0 Å². The number of hydrogen-bond donors (Lipinski definition) is 3. The lowest BCUT2D eigenvalue weighted by molar-refractivity contribution is 0.173. The predicted octanol–water partition coefficient (Wildman–Crippen LogP) is 1.41. The molecule has 2 atom stereocenters.